The Balaban J connectivity index is 1.59. The maximum absolute atomic E-state index is 14.2. The summed E-state index contributed by atoms with van der Waals surface area (Å²) in [6.45, 7) is 2.24. The highest BCUT2D eigenvalue weighted by atomic mass is 19.4. The van der Waals surface area contributed by atoms with Gasteiger partial charge >= 0.3 is 12.3 Å². The van der Waals surface area contributed by atoms with Gasteiger partial charge in [0.25, 0.3) is 0 Å². The first kappa shape index (κ1) is 25.1. The molecule has 2 aromatic carbocycles. The van der Waals surface area contributed by atoms with Gasteiger partial charge in [0.15, 0.2) is 0 Å². The fraction of sp³-hybridized carbons (Fsp3) is 0.440. The SMILES string of the molecule is CC1CCC(c2ccc(CCC(F)(F)Oc3cc(F)c(/C=C/C(F)(F)F)c(F)c3)cc2)CC1. The van der Waals surface area contributed by atoms with Crippen LogP contribution < -0.4 is 4.74 Å². The first-order valence-corrected chi connectivity index (χ1v) is 10.8. The Morgan fingerprint density at radius 2 is 1.48 bits per heavy atom. The summed E-state index contributed by atoms with van der Waals surface area (Å²) in [5.41, 5.74) is 0.881. The Bertz CT molecular complexity index is 933. The van der Waals surface area contributed by atoms with E-state index in [4.69, 9.17) is 0 Å². The average molecular weight is 474 g/mol. The zero-order valence-electron chi connectivity index (χ0n) is 18.1. The summed E-state index contributed by atoms with van der Waals surface area (Å²) in [4.78, 5) is 0. The number of halogens is 7. The highest BCUT2D eigenvalue weighted by Crippen LogP contribution is 2.36. The van der Waals surface area contributed by atoms with E-state index < -0.39 is 41.7 Å². The monoisotopic (exact) mass is 474 g/mol. The highest BCUT2D eigenvalue weighted by molar-refractivity contribution is 5.53. The van der Waals surface area contributed by atoms with E-state index in [1.165, 1.54) is 18.4 Å². The molecule has 0 saturated heterocycles. The van der Waals surface area contributed by atoms with Gasteiger partial charge in [0.1, 0.15) is 17.4 Å². The van der Waals surface area contributed by atoms with Crippen LogP contribution in [-0.2, 0) is 6.42 Å². The summed E-state index contributed by atoms with van der Waals surface area (Å²) in [7, 11) is 0. The molecule has 1 nitrogen and oxygen atoms in total. The van der Waals surface area contributed by atoms with Crippen molar-refractivity contribution in [1.82, 2.24) is 0 Å². The van der Waals surface area contributed by atoms with E-state index in [2.05, 4.69) is 11.7 Å². The molecule has 1 aliphatic carbocycles. The molecule has 33 heavy (non-hydrogen) atoms. The van der Waals surface area contributed by atoms with Crippen molar-refractivity contribution in [2.75, 3.05) is 0 Å². The Labute approximate surface area is 188 Å². The number of benzene rings is 2. The molecule has 0 N–H and O–H groups in total. The molecular weight excluding hydrogens is 449 g/mol. The van der Waals surface area contributed by atoms with E-state index in [1.807, 2.05) is 12.1 Å². The molecule has 3 rings (SSSR count). The van der Waals surface area contributed by atoms with Crippen LogP contribution in [0.2, 0.25) is 0 Å². The van der Waals surface area contributed by atoms with Crippen molar-refractivity contribution in [3.8, 4) is 5.75 Å². The van der Waals surface area contributed by atoms with Crippen LogP contribution in [-0.4, -0.2) is 12.3 Å². The number of aryl methyl sites for hydroxylation is 1. The second kappa shape index (κ2) is 10.2. The molecule has 1 fully saturated rings. The van der Waals surface area contributed by atoms with E-state index in [1.54, 1.807) is 12.1 Å². The third kappa shape index (κ3) is 7.51. The summed E-state index contributed by atoms with van der Waals surface area (Å²) in [5.74, 6) is -2.46. The number of rotatable bonds is 7. The lowest BCUT2D eigenvalue weighted by atomic mass is 9.79. The lowest BCUT2D eigenvalue weighted by molar-refractivity contribution is -0.180. The summed E-state index contributed by atoms with van der Waals surface area (Å²) in [5, 5.41) is 0. The second-order valence-electron chi connectivity index (χ2n) is 8.61. The summed E-state index contributed by atoms with van der Waals surface area (Å²) >= 11 is 0. The number of ether oxygens (including phenoxy) is 1. The minimum atomic E-state index is -4.77. The van der Waals surface area contributed by atoms with E-state index in [9.17, 15) is 30.7 Å². The van der Waals surface area contributed by atoms with Gasteiger partial charge in [0.05, 0.1) is 6.42 Å². The molecule has 0 aliphatic heterocycles. The second-order valence-corrected chi connectivity index (χ2v) is 8.61. The molecule has 0 radical (unpaired) electrons. The quantitative estimate of drug-likeness (QED) is 0.366. The maximum Gasteiger partial charge on any atom is 0.409 e. The van der Waals surface area contributed by atoms with Gasteiger partial charge in [-0.3, -0.25) is 0 Å². The zero-order valence-corrected chi connectivity index (χ0v) is 18.1. The van der Waals surface area contributed by atoms with Crippen LogP contribution in [0.5, 0.6) is 5.75 Å². The van der Waals surface area contributed by atoms with Gasteiger partial charge in [-0.05, 0) is 48.3 Å². The van der Waals surface area contributed by atoms with Crippen LogP contribution in [0.25, 0.3) is 6.08 Å². The van der Waals surface area contributed by atoms with Crippen molar-refractivity contribution in [2.45, 2.75) is 63.7 Å². The highest BCUT2D eigenvalue weighted by Gasteiger charge is 2.32. The van der Waals surface area contributed by atoms with Crippen LogP contribution in [0.4, 0.5) is 30.7 Å². The molecule has 1 saturated carbocycles. The van der Waals surface area contributed by atoms with Crippen LogP contribution in [0.15, 0.2) is 42.5 Å². The summed E-state index contributed by atoms with van der Waals surface area (Å²) < 4.78 is 97.4. The molecule has 0 amide bonds. The molecule has 0 spiro atoms. The Morgan fingerprint density at radius 3 is 2.03 bits per heavy atom. The molecule has 0 heterocycles. The normalized spacial score (nSPS) is 19.8. The molecule has 0 aromatic heterocycles. The van der Waals surface area contributed by atoms with Crippen molar-refractivity contribution in [1.29, 1.82) is 0 Å². The van der Waals surface area contributed by atoms with Gasteiger partial charge in [-0.15, -0.1) is 0 Å². The molecular formula is C25H25F7O. The van der Waals surface area contributed by atoms with E-state index >= 15 is 0 Å². The molecule has 0 unspecified atom stereocenters. The topological polar surface area (TPSA) is 9.23 Å². The predicted molar refractivity (Wildman–Crippen MR) is 112 cm³/mol. The molecule has 1 aliphatic rings. The van der Waals surface area contributed by atoms with Crippen LogP contribution >= 0.6 is 0 Å². The largest absolute Gasteiger partial charge is 0.432 e. The van der Waals surface area contributed by atoms with Gasteiger partial charge in [-0.1, -0.05) is 44.0 Å². The van der Waals surface area contributed by atoms with Gasteiger partial charge < -0.3 is 4.74 Å². The van der Waals surface area contributed by atoms with E-state index in [-0.39, 0.29) is 18.6 Å². The van der Waals surface area contributed by atoms with Gasteiger partial charge in [-0.2, -0.15) is 22.0 Å². The fourth-order valence-electron chi connectivity index (χ4n) is 4.02. The molecule has 0 bridgehead atoms. The zero-order chi connectivity index (χ0) is 24.2. The molecule has 8 heteroatoms. The van der Waals surface area contributed by atoms with Gasteiger partial charge in [-0.25, -0.2) is 8.78 Å². The van der Waals surface area contributed by atoms with Crippen molar-refractivity contribution >= 4 is 6.08 Å². The van der Waals surface area contributed by atoms with Gasteiger partial charge in [0.2, 0.25) is 0 Å². The molecule has 2 aromatic rings. The van der Waals surface area contributed by atoms with Crippen molar-refractivity contribution < 1.29 is 35.5 Å². The third-order valence-electron chi connectivity index (χ3n) is 5.93. The summed E-state index contributed by atoms with van der Waals surface area (Å²) in [6, 6.07) is 8.37. The first-order chi connectivity index (χ1) is 15.4. The maximum atomic E-state index is 14.2. The number of allylic oxidation sites excluding steroid dienone is 1. The smallest absolute Gasteiger partial charge is 0.409 e. The minimum absolute atomic E-state index is 0.0215. The summed E-state index contributed by atoms with van der Waals surface area (Å²) in [6.07, 6.45) is -4.80. The average Bonchev–Trinajstić information content (AvgIpc) is 2.71. The predicted octanol–water partition coefficient (Wildman–Crippen LogP) is 8.44. The van der Waals surface area contributed by atoms with Crippen LogP contribution in [0.3, 0.4) is 0 Å². The number of hydrogen-bond donors (Lipinski definition) is 0. The Hall–Kier alpha value is -2.51. The van der Waals surface area contributed by atoms with Crippen molar-refractivity contribution in [3.05, 3.63) is 70.8 Å². The van der Waals surface area contributed by atoms with Crippen molar-refractivity contribution in [3.63, 3.8) is 0 Å². The Morgan fingerprint density at radius 1 is 0.909 bits per heavy atom. The van der Waals surface area contributed by atoms with Crippen molar-refractivity contribution in [2.24, 2.45) is 5.92 Å². The lowest BCUT2D eigenvalue weighted by Gasteiger charge is -2.26. The lowest BCUT2D eigenvalue weighted by Crippen LogP contribution is -2.25. The van der Waals surface area contributed by atoms with E-state index in [0.29, 0.717) is 23.6 Å². The van der Waals surface area contributed by atoms with Crippen LogP contribution in [0, 0.1) is 17.6 Å². The number of alkyl halides is 5. The van der Waals surface area contributed by atoms with Crippen LogP contribution in [0.1, 0.15) is 61.6 Å². The number of hydrogen-bond acceptors (Lipinski definition) is 1. The standard InChI is InChI=1S/C25H25F7O/c1-16-2-6-18(7-3-16)19-8-4-17(5-9-19)10-13-25(31,32)33-20-14-22(26)21(23(27)15-20)11-12-24(28,29)30/h4-5,8-9,11-12,14-16,18H,2-3,6-7,10,13H2,1H3/b12-11+. The molecule has 0 atom stereocenters. The minimum Gasteiger partial charge on any atom is -0.432 e. The van der Waals surface area contributed by atoms with E-state index in [0.717, 1.165) is 18.8 Å². The third-order valence-corrected chi connectivity index (χ3v) is 5.93. The Kier molecular flexibility index (Phi) is 7.75. The fourth-order valence-corrected chi connectivity index (χ4v) is 4.02. The molecule has 180 valence electrons. The first-order valence-electron chi connectivity index (χ1n) is 10.8. The van der Waals surface area contributed by atoms with Gasteiger partial charge in [0, 0.05) is 23.8 Å².